The van der Waals surface area contributed by atoms with E-state index in [2.05, 4.69) is 43.0 Å². The van der Waals surface area contributed by atoms with Gasteiger partial charge in [0, 0.05) is 25.2 Å². The Morgan fingerprint density at radius 1 is 1.12 bits per heavy atom. The molecule has 1 fully saturated rings. The van der Waals surface area contributed by atoms with Crippen molar-refractivity contribution < 1.29 is 4.79 Å². The lowest BCUT2D eigenvalue weighted by molar-refractivity contribution is -0.119. The number of carbonyl (C=O) groups excluding carboxylic acids is 1. The number of fused-ring (bicyclic) bond motifs is 1. The second kappa shape index (κ2) is 8.84. The third kappa shape index (κ3) is 4.84. The average molecular weight is 343 g/mol. The number of likely N-dealkylation sites (tertiary alicyclic amines) is 1. The zero-order valence-electron chi connectivity index (χ0n) is 16.0. The number of aryl methyl sites for hydroxylation is 1. The number of anilines is 1. The van der Waals surface area contributed by atoms with Crippen molar-refractivity contribution in [2.24, 2.45) is 11.8 Å². The summed E-state index contributed by atoms with van der Waals surface area (Å²) in [6.07, 6.45) is 8.40. The second-order valence-electron chi connectivity index (χ2n) is 8.12. The highest BCUT2D eigenvalue weighted by Gasteiger charge is 2.26. The van der Waals surface area contributed by atoms with Crippen molar-refractivity contribution in [2.45, 2.75) is 58.8 Å². The minimum absolute atomic E-state index is 0.295. The van der Waals surface area contributed by atoms with Crippen molar-refractivity contribution in [3.8, 4) is 0 Å². The van der Waals surface area contributed by atoms with E-state index >= 15 is 0 Å². The van der Waals surface area contributed by atoms with E-state index in [1.807, 2.05) is 4.90 Å². The van der Waals surface area contributed by atoms with Crippen LogP contribution in [-0.4, -0.2) is 37.0 Å². The molecule has 1 unspecified atom stereocenters. The van der Waals surface area contributed by atoms with Gasteiger partial charge < -0.3 is 9.80 Å². The molecule has 1 saturated heterocycles. The molecule has 0 N–H and O–H groups in total. The fourth-order valence-corrected chi connectivity index (χ4v) is 4.46. The molecule has 2 heterocycles. The second-order valence-corrected chi connectivity index (χ2v) is 8.12. The molecule has 2 aliphatic rings. The maximum Gasteiger partial charge on any atom is 0.227 e. The molecular weight excluding hydrogens is 308 g/mol. The number of amides is 1. The molecular formula is C22H34N2O. The first-order chi connectivity index (χ1) is 12.2. The van der Waals surface area contributed by atoms with Crippen LogP contribution in [0.1, 0.15) is 57.9 Å². The molecule has 138 valence electrons. The molecule has 25 heavy (non-hydrogen) atoms. The van der Waals surface area contributed by atoms with Crippen LogP contribution < -0.4 is 4.90 Å². The Hall–Kier alpha value is -1.35. The predicted molar refractivity (Wildman–Crippen MR) is 105 cm³/mol. The number of rotatable bonds is 7. The summed E-state index contributed by atoms with van der Waals surface area (Å²) in [5.74, 6) is 1.76. The van der Waals surface area contributed by atoms with Gasteiger partial charge in [-0.3, -0.25) is 4.79 Å². The van der Waals surface area contributed by atoms with Gasteiger partial charge in [0.05, 0.1) is 0 Å². The Morgan fingerprint density at radius 2 is 1.88 bits per heavy atom. The van der Waals surface area contributed by atoms with Crippen LogP contribution in [0.5, 0.6) is 0 Å². The maximum atomic E-state index is 12.4. The maximum absolute atomic E-state index is 12.4. The number of nitrogens with zero attached hydrogens (tertiary/aromatic N) is 2. The fraction of sp³-hybridized carbons (Fsp3) is 0.682. The van der Waals surface area contributed by atoms with E-state index in [-0.39, 0.29) is 0 Å². The molecule has 1 atom stereocenters. The number of piperidine rings is 1. The summed E-state index contributed by atoms with van der Waals surface area (Å²) in [7, 11) is 0. The number of benzene rings is 1. The van der Waals surface area contributed by atoms with Gasteiger partial charge in [0.1, 0.15) is 0 Å². The summed E-state index contributed by atoms with van der Waals surface area (Å²) in [6.45, 7) is 9.04. The number of unbranched alkanes of at least 4 members (excludes halogenated alkanes) is 1. The normalized spacial score (nSPS) is 20.6. The van der Waals surface area contributed by atoms with Crippen molar-refractivity contribution in [1.29, 1.82) is 0 Å². The zero-order valence-corrected chi connectivity index (χ0v) is 16.0. The summed E-state index contributed by atoms with van der Waals surface area (Å²) in [5, 5.41) is 0. The summed E-state index contributed by atoms with van der Waals surface area (Å²) in [5.41, 5.74) is 2.47. The van der Waals surface area contributed by atoms with Crippen LogP contribution in [0.15, 0.2) is 24.3 Å². The highest BCUT2D eigenvalue weighted by atomic mass is 16.2. The fourth-order valence-electron chi connectivity index (χ4n) is 4.46. The van der Waals surface area contributed by atoms with Crippen molar-refractivity contribution in [2.75, 3.05) is 31.1 Å². The van der Waals surface area contributed by atoms with Gasteiger partial charge in [0.15, 0.2) is 0 Å². The van der Waals surface area contributed by atoms with Gasteiger partial charge in [-0.05, 0) is 55.8 Å². The highest BCUT2D eigenvalue weighted by molar-refractivity contribution is 5.96. The number of hydrogen-bond donors (Lipinski definition) is 0. The van der Waals surface area contributed by atoms with E-state index in [9.17, 15) is 4.79 Å². The Bertz CT molecular complexity index is 563. The van der Waals surface area contributed by atoms with Crippen LogP contribution in [0.2, 0.25) is 0 Å². The predicted octanol–water partition coefficient (Wildman–Crippen LogP) is 4.50. The van der Waals surface area contributed by atoms with Crippen LogP contribution in [0.3, 0.4) is 0 Å². The molecule has 3 rings (SSSR count). The minimum atomic E-state index is 0.295. The Morgan fingerprint density at radius 3 is 2.64 bits per heavy atom. The van der Waals surface area contributed by atoms with Gasteiger partial charge in [-0.1, -0.05) is 51.3 Å². The summed E-state index contributed by atoms with van der Waals surface area (Å²) in [6, 6.07) is 8.41. The molecule has 0 radical (unpaired) electrons. The third-order valence-corrected chi connectivity index (χ3v) is 5.93. The lowest BCUT2D eigenvalue weighted by Gasteiger charge is -2.36. The summed E-state index contributed by atoms with van der Waals surface area (Å²) in [4.78, 5) is 17.1. The van der Waals surface area contributed by atoms with Crippen LogP contribution >= 0.6 is 0 Å². The molecule has 1 amide bonds. The van der Waals surface area contributed by atoms with Crippen molar-refractivity contribution in [3.05, 3.63) is 29.8 Å². The van der Waals surface area contributed by atoms with E-state index in [1.54, 1.807) is 0 Å². The molecule has 3 heteroatoms. The van der Waals surface area contributed by atoms with Crippen LogP contribution in [0.25, 0.3) is 0 Å². The van der Waals surface area contributed by atoms with Gasteiger partial charge in [-0.25, -0.2) is 0 Å². The number of hydrogen-bond acceptors (Lipinski definition) is 2. The molecule has 0 aliphatic carbocycles. The quantitative estimate of drug-likeness (QED) is 0.728. The smallest absolute Gasteiger partial charge is 0.227 e. The highest BCUT2D eigenvalue weighted by Crippen LogP contribution is 2.29. The molecule has 1 aromatic rings. The van der Waals surface area contributed by atoms with Gasteiger partial charge in [0.25, 0.3) is 0 Å². The molecule has 0 bridgehead atoms. The summed E-state index contributed by atoms with van der Waals surface area (Å²) < 4.78 is 0. The molecule has 2 aliphatic heterocycles. The van der Waals surface area contributed by atoms with Gasteiger partial charge >= 0.3 is 0 Å². The van der Waals surface area contributed by atoms with E-state index in [0.29, 0.717) is 18.2 Å². The summed E-state index contributed by atoms with van der Waals surface area (Å²) >= 11 is 0. The first kappa shape index (κ1) is 18.4. The number of carbonyl (C=O) groups is 1. The molecule has 0 saturated carbocycles. The molecule has 0 aromatic heterocycles. The van der Waals surface area contributed by atoms with Crippen molar-refractivity contribution >= 4 is 11.6 Å². The Kier molecular flexibility index (Phi) is 6.52. The van der Waals surface area contributed by atoms with Gasteiger partial charge in [-0.15, -0.1) is 0 Å². The van der Waals surface area contributed by atoms with E-state index in [0.717, 1.165) is 31.1 Å². The van der Waals surface area contributed by atoms with Gasteiger partial charge in [-0.2, -0.15) is 0 Å². The van der Waals surface area contributed by atoms with E-state index in [1.165, 1.54) is 50.8 Å². The Labute approximate surface area is 153 Å². The molecule has 3 nitrogen and oxygen atoms in total. The van der Waals surface area contributed by atoms with Gasteiger partial charge in [0.2, 0.25) is 5.91 Å². The topological polar surface area (TPSA) is 23.6 Å². The van der Waals surface area contributed by atoms with E-state index in [4.69, 9.17) is 0 Å². The molecule has 0 spiro atoms. The average Bonchev–Trinajstić information content (AvgIpc) is 2.63. The van der Waals surface area contributed by atoms with E-state index < -0.39 is 0 Å². The van der Waals surface area contributed by atoms with Crippen molar-refractivity contribution in [3.63, 3.8) is 0 Å². The monoisotopic (exact) mass is 342 g/mol. The number of para-hydroxylation sites is 1. The lowest BCUT2D eigenvalue weighted by atomic mass is 9.91. The zero-order chi connectivity index (χ0) is 17.6. The Balaban J connectivity index is 1.50. The minimum Gasteiger partial charge on any atom is -0.312 e. The first-order valence-electron chi connectivity index (χ1n) is 10.3. The molecule has 1 aromatic carbocycles. The largest absolute Gasteiger partial charge is 0.312 e. The van der Waals surface area contributed by atoms with Crippen molar-refractivity contribution in [1.82, 2.24) is 4.90 Å². The standard InChI is InChI=1S/C22H34N2O/c1-3-4-7-19-12-14-23(15-13-19)16-18(2)17-24-21-9-6-5-8-20(21)10-11-22(24)25/h5-6,8-9,18-19H,3-4,7,10-17H2,1-2H3. The van der Waals surface area contributed by atoms with Crippen LogP contribution in [0.4, 0.5) is 5.69 Å². The van der Waals surface area contributed by atoms with Crippen LogP contribution in [-0.2, 0) is 11.2 Å². The SMILES string of the molecule is CCCCC1CCN(CC(C)CN2C(=O)CCc3ccccc32)CC1. The van der Waals surface area contributed by atoms with Crippen LogP contribution in [0, 0.1) is 11.8 Å². The third-order valence-electron chi connectivity index (χ3n) is 5.93. The first-order valence-corrected chi connectivity index (χ1v) is 10.3. The lowest BCUT2D eigenvalue weighted by Crippen LogP contribution is -2.43.